The van der Waals surface area contributed by atoms with E-state index in [1.165, 1.54) is 18.4 Å². The molecule has 0 bridgehead atoms. The fraction of sp³-hybridized carbons (Fsp3) is 0.0556. The minimum atomic E-state index is -0.381. The fourth-order valence-corrected chi connectivity index (χ4v) is 3.72. The molecule has 0 aliphatic carbocycles. The first-order chi connectivity index (χ1) is 11.1. The topological polar surface area (TPSA) is 46.5 Å². The lowest BCUT2D eigenvalue weighted by Crippen LogP contribution is -1.96. The highest BCUT2D eigenvalue weighted by Crippen LogP contribution is 2.42. The third kappa shape index (κ3) is 3.09. The number of rotatable bonds is 3. The summed E-state index contributed by atoms with van der Waals surface area (Å²) >= 11 is 7.65. The van der Waals surface area contributed by atoms with Gasteiger partial charge >= 0.3 is 5.97 Å². The van der Waals surface area contributed by atoms with Crippen LogP contribution in [0.1, 0.15) is 9.67 Å². The van der Waals surface area contributed by atoms with Crippen molar-refractivity contribution in [1.29, 1.82) is 0 Å². The molecule has 3 nitrogen and oxygen atoms in total. The standard InChI is InChI=1S/C18H13ClO3S/c1-22-18(21)16-10-14(11-6-8-12(20)9-7-11)17(23-16)13-4-2-3-5-15(13)19/h2-10,20H,1H3. The largest absolute Gasteiger partial charge is 0.508 e. The number of carbonyl (C=O) groups excluding carboxylic acids is 1. The molecular formula is C18H13ClO3S. The highest BCUT2D eigenvalue weighted by atomic mass is 35.5. The van der Waals surface area contributed by atoms with Crippen molar-refractivity contribution in [2.45, 2.75) is 0 Å². The minimum absolute atomic E-state index is 0.191. The molecule has 0 amide bonds. The molecule has 3 rings (SSSR count). The first-order valence-corrected chi connectivity index (χ1v) is 8.06. The molecular weight excluding hydrogens is 332 g/mol. The van der Waals surface area contributed by atoms with Crippen molar-refractivity contribution in [3.8, 4) is 27.3 Å². The predicted octanol–water partition coefficient (Wildman–Crippen LogP) is 5.23. The summed E-state index contributed by atoms with van der Waals surface area (Å²) in [4.78, 5) is 13.3. The molecule has 3 aromatic rings. The molecule has 0 spiro atoms. The van der Waals surface area contributed by atoms with E-state index in [4.69, 9.17) is 16.3 Å². The van der Waals surface area contributed by atoms with Crippen LogP contribution in [0, 0.1) is 0 Å². The number of halogens is 1. The zero-order valence-electron chi connectivity index (χ0n) is 12.2. The number of methoxy groups -OCH3 is 1. The van der Waals surface area contributed by atoms with Gasteiger partial charge in [-0.3, -0.25) is 0 Å². The van der Waals surface area contributed by atoms with Crippen LogP contribution in [-0.2, 0) is 4.74 Å². The van der Waals surface area contributed by atoms with Crippen LogP contribution >= 0.6 is 22.9 Å². The van der Waals surface area contributed by atoms with Gasteiger partial charge in [-0.25, -0.2) is 4.79 Å². The number of ether oxygens (including phenoxy) is 1. The third-order valence-electron chi connectivity index (χ3n) is 3.42. The first kappa shape index (κ1) is 15.6. The van der Waals surface area contributed by atoms with Crippen molar-refractivity contribution in [2.75, 3.05) is 7.11 Å². The molecule has 0 atom stereocenters. The average molecular weight is 345 g/mol. The Labute approximate surface area is 142 Å². The van der Waals surface area contributed by atoms with E-state index < -0.39 is 0 Å². The number of aromatic hydroxyl groups is 1. The summed E-state index contributed by atoms with van der Waals surface area (Å²) in [6.07, 6.45) is 0. The van der Waals surface area contributed by atoms with Gasteiger partial charge in [0.1, 0.15) is 10.6 Å². The number of hydrogen-bond acceptors (Lipinski definition) is 4. The molecule has 0 saturated carbocycles. The monoisotopic (exact) mass is 344 g/mol. The van der Waals surface area contributed by atoms with Crippen molar-refractivity contribution >= 4 is 28.9 Å². The number of phenolic OH excluding ortho intramolecular Hbond substituents is 1. The van der Waals surface area contributed by atoms with Gasteiger partial charge in [0.15, 0.2) is 0 Å². The second-order valence-electron chi connectivity index (χ2n) is 4.87. The number of esters is 1. The van der Waals surface area contributed by atoms with E-state index in [1.807, 2.05) is 24.3 Å². The van der Waals surface area contributed by atoms with Crippen molar-refractivity contribution in [3.63, 3.8) is 0 Å². The van der Waals surface area contributed by atoms with Crippen LogP contribution in [0.5, 0.6) is 5.75 Å². The molecule has 2 aromatic carbocycles. The summed E-state index contributed by atoms with van der Waals surface area (Å²) in [5, 5.41) is 10.1. The van der Waals surface area contributed by atoms with E-state index in [9.17, 15) is 9.90 Å². The third-order valence-corrected chi connectivity index (χ3v) is 4.89. The van der Waals surface area contributed by atoms with E-state index >= 15 is 0 Å². The minimum Gasteiger partial charge on any atom is -0.508 e. The molecule has 1 N–H and O–H groups in total. The Kier molecular flexibility index (Phi) is 4.37. The summed E-state index contributed by atoms with van der Waals surface area (Å²) in [5.74, 6) is -0.190. The Balaban J connectivity index is 2.21. The van der Waals surface area contributed by atoms with Gasteiger partial charge in [-0.1, -0.05) is 41.9 Å². The lowest BCUT2D eigenvalue weighted by molar-refractivity contribution is 0.0606. The maximum atomic E-state index is 11.9. The molecule has 0 aliphatic heterocycles. The van der Waals surface area contributed by atoms with Gasteiger partial charge in [-0.15, -0.1) is 11.3 Å². The smallest absolute Gasteiger partial charge is 0.348 e. The molecule has 1 aromatic heterocycles. The van der Waals surface area contributed by atoms with Crippen molar-refractivity contribution in [1.82, 2.24) is 0 Å². The zero-order chi connectivity index (χ0) is 16.4. The van der Waals surface area contributed by atoms with Gasteiger partial charge in [0, 0.05) is 21.0 Å². The van der Waals surface area contributed by atoms with Gasteiger partial charge in [0.2, 0.25) is 0 Å². The van der Waals surface area contributed by atoms with Crippen molar-refractivity contribution in [3.05, 3.63) is 64.5 Å². The van der Waals surface area contributed by atoms with E-state index in [-0.39, 0.29) is 11.7 Å². The number of carbonyl (C=O) groups is 1. The Morgan fingerprint density at radius 2 is 1.78 bits per heavy atom. The molecule has 0 radical (unpaired) electrons. The molecule has 0 unspecified atom stereocenters. The Hall–Kier alpha value is -2.30. The average Bonchev–Trinajstić information content (AvgIpc) is 3.00. The van der Waals surface area contributed by atoms with Crippen LogP contribution in [0.15, 0.2) is 54.6 Å². The SMILES string of the molecule is COC(=O)c1cc(-c2ccc(O)cc2)c(-c2ccccc2Cl)s1. The normalized spacial score (nSPS) is 10.5. The van der Waals surface area contributed by atoms with E-state index in [0.29, 0.717) is 9.90 Å². The summed E-state index contributed by atoms with van der Waals surface area (Å²) in [5.41, 5.74) is 2.63. The number of hydrogen-bond donors (Lipinski definition) is 1. The van der Waals surface area contributed by atoms with Crippen LogP contribution in [0.4, 0.5) is 0 Å². The van der Waals surface area contributed by atoms with Gasteiger partial charge in [-0.2, -0.15) is 0 Å². The van der Waals surface area contributed by atoms with Crippen LogP contribution in [0.2, 0.25) is 5.02 Å². The first-order valence-electron chi connectivity index (χ1n) is 6.86. The Morgan fingerprint density at radius 1 is 1.09 bits per heavy atom. The van der Waals surface area contributed by atoms with Crippen LogP contribution in [0.25, 0.3) is 21.6 Å². The lowest BCUT2D eigenvalue weighted by atomic mass is 10.0. The fourth-order valence-electron chi connectivity index (χ4n) is 2.29. The van der Waals surface area contributed by atoms with Crippen LogP contribution in [-0.4, -0.2) is 18.2 Å². The molecule has 0 fully saturated rings. The summed E-state index contributed by atoms with van der Waals surface area (Å²) in [6.45, 7) is 0. The summed E-state index contributed by atoms with van der Waals surface area (Å²) < 4.78 is 4.82. The van der Waals surface area contributed by atoms with Gasteiger partial charge in [0.05, 0.1) is 7.11 Å². The zero-order valence-corrected chi connectivity index (χ0v) is 13.8. The number of phenols is 1. The van der Waals surface area contributed by atoms with E-state index in [0.717, 1.165) is 21.6 Å². The maximum Gasteiger partial charge on any atom is 0.348 e. The molecule has 23 heavy (non-hydrogen) atoms. The van der Waals surface area contributed by atoms with Crippen molar-refractivity contribution < 1.29 is 14.6 Å². The summed E-state index contributed by atoms with van der Waals surface area (Å²) in [7, 11) is 1.36. The second kappa shape index (κ2) is 6.44. The van der Waals surface area contributed by atoms with E-state index in [1.54, 1.807) is 30.3 Å². The van der Waals surface area contributed by atoms with Crippen molar-refractivity contribution in [2.24, 2.45) is 0 Å². The molecule has 0 aliphatic rings. The maximum absolute atomic E-state index is 11.9. The number of benzene rings is 2. The highest BCUT2D eigenvalue weighted by molar-refractivity contribution is 7.18. The molecule has 1 heterocycles. The van der Waals surface area contributed by atoms with Gasteiger partial charge in [0.25, 0.3) is 0 Å². The van der Waals surface area contributed by atoms with E-state index in [2.05, 4.69) is 0 Å². The predicted molar refractivity (Wildman–Crippen MR) is 93.2 cm³/mol. The van der Waals surface area contributed by atoms with Gasteiger partial charge < -0.3 is 9.84 Å². The lowest BCUT2D eigenvalue weighted by Gasteiger charge is -2.06. The molecule has 5 heteroatoms. The quantitative estimate of drug-likeness (QED) is 0.662. The Morgan fingerprint density at radius 3 is 2.43 bits per heavy atom. The van der Waals surface area contributed by atoms with Crippen LogP contribution < -0.4 is 0 Å². The highest BCUT2D eigenvalue weighted by Gasteiger charge is 2.19. The van der Waals surface area contributed by atoms with Crippen LogP contribution in [0.3, 0.4) is 0 Å². The molecule has 0 saturated heterocycles. The number of thiophene rings is 1. The van der Waals surface area contributed by atoms with Gasteiger partial charge in [-0.05, 0) is 29.8 Å². The second-order valence-corrected chi connectivity index (χ2v) is 6.33. The summed E-state index contributed by atoms with van der Waals surface area (Å²) in [6, 6.07) is 16.1. The Bertz CT molecular complexity index is 853. The molecule has 116 valence electrons.